The number of hydrogen-bond donors (Lipinski definition) is 2. The molecule has 2 aromatic heterocycles. The predicted octanol–water partition coefficient (Wildman–Crippen LogP) is 3.24. The average Bonchev–Trinajstić information content (AvgIpc) is 2.88. The second-order valence-corrected chi connectivity index (χ2v) is 8.61. The van der Waals surface area contributed by atoms with Gasteiger partial charge in [-0.1, -0.05) is 12.1 Å². The number of carbonyl (C=O) groups is 1. The lowest BCUT2D eigenvalue weighted by Crippen LogP contribution is -2.44. The van der Waals surface area contributed by atoms with E-state index in [2.05, 4.69) is 37.4 Å². The first-order valence-electron chi connectivity index (χ1n) is 11.5. The Labute approximate surface area is 204 Å². The molecule has 0 aliphatic carbocycles. The number of hydrogen-bond acceptors (Lipinski definition) is 8. The number of pyridine rings is 2. The first-order chi connectivity index (χ1) is 16.9. The third kappa shape index (κ3) is 6.10. The quantitative estimate of drug-likeness (QED) is 0.377. The number of nitrogens with zero attached hydrogens (tertiary/aromatic N) is 5. The molecule has 35 heavy (non-hydrogen) atoms. The number of nitrogens with one attached hydrogen (secondary N) is 2. The second kappa shape index (κ2) is 10.9. The van der Waals surface area contributed by atoms with Crippen LogP contribution in [0, 0.1) is 10.1 Å². The molecule has 10 heteroatoms. The zero-order chi connectivity index (χ0) is 24.8. The van der Waals surface area contributed by atoms with E-state index < -0.39 is 4.92 Å². The predicted molar refractivity (Wildman–Crippen MR) is 134 cm³/mol. The molecule has 1 unspecified atom stereocenters. The summed E-state index contributed by atoms with van der Waals surface area (Å²) in [5, 5.41) is 17.6. The fourth-order valence-electron chi connectivity index (χ4n) is 3.91. The Bertz CT molecular complexity index is 1160. The Morgan fingerprint density at radius 1 is 1.11 bits per heavy atom. The lowest BCUT2D eigenvalue weighted by Gasteiger charge is -2.33. The zero-order valence-corrected chi connectivity index (χ0v) is 19.8. The minimum Gasteiger partial charge on any atom is -0.371 e. The van der Waals surface area contributed by atoms with Gasteiger partial charge in [0.2, 0.25) is 0 Å². The van der Waals surface area contributed by atoms with E-state index in [1.54, 1.807) is 24.5 Å². The Hall–Kier alpha value is -4.05. The standard InChI is InChI=1S/C25H29N7O3/c1-18(21-5-3-4-10-26-21)29-22-8-7-20(15-23(22)32(34)35)25(33)28-17-19-6-9-24(27-16-19)31-13-11-30(2)12-14-31/h3-10,15-16,18,29H,11-14,17H2,1-2H3,(H,28,33). The van der Waals surface area contributed by atoms with Crippen molar-refractivity contribution in [1.29, 1.82) is 0 Å². The molecule has 1 atom stereocenters. The maximum absolute atomic E-state index is 12.7. The summed E-state index contributed by atoms with van der Waals surface area (Å²) in [6.07, 6.45) is 3.42. The molecular weight excluding hydrogens is 446 g/mol. The van der Waals surface area contributed by atoms with E-state index in [-0.39, 0.29) is 29.7 Å². The number of carbonyl (C=O) groups excluding carboxylic acids is 1. The van der Waals surface area contributed by atoms with Crippen LogP contribution in [0.3, 0.4) is 0 Å². The number of nitro benzene ring substituents is 1. The summed E-state index contributed by atoms with van der Waals surface area (Å²) >= 11 is 0. The molecule has 1 aliphatic rings. The van der Waals surface area contributed by atoms with Crippen LogP contribution in [0.2, 0.25) is 0 Å². The van der Waals surface area contributed by atoms with E-state index in [4.69, 9.17) is 0 Å². The molecule has 0 bridgehead atoms. The molecule has 0 radical (unpaired) electrons. The van der Waals surface area contributed by atoms with Crippen LogP contribution in [0.4, 0.5) is 17.2 Å². The van der Waals surface area contributed by atoms with Crippen LogP contribution in [0.5, 0.6) is 0 Å². The van der Waals surface area contributed by atoms with Gasteiger partial charge >= 0.3 is 0 Å². The molecule has 2 N–H and O–H groups in total. The van der Waals surface area contributed by atoms with Gasteiger partial charge in [-0.25, -0.2) is 4.98 Å². The highest BCUT2D eigenvalue weighted by Gasteiger charge is 2.20. The smallest absolute Gasteiger partial charge is 0.293 e. The number of amides is 1. The first-order valence-corrected chi connectivity index (χ1v) is 11.5. The van der Waals surface area contributed by atoms with Crippen molar-refractivity contribution in [3.63, 3.8) is 0 Å². The van der Waals surface area contributed by atoms with E-state index >= 15 is 0 Å². The topological polar surface area (TPSA) is 117 Å². The molecule has 182 valence electrons. The van der Waals surface area contributed by atoms with Crippen LogP contribution < -0.4 is 15.5 Å². The van der Waals surface area contributed by atoms with E-state index in [0.717, 1.165) is 43.3 Å². The van der Waals surface area contributed by atoms with Gasteiger partial charge in [0, 0.05) is 56.7 Å². The molecule has 3 aromatic rings. The van der Waals surface area contributed by atoms with Crippen molar-refractivity contribution >= 4 is 23.1 Å². The van der Waals surface area contributed by atoms with Crippen molar-refractivity contribution in [3.05, 3.63) is 87.9 Å². The van der Waals surface area contributed by atoms with Gasteiger partial charge in [-0.05, 0) is 49.9 Å². The lowest BCUT2D eigenvalue weighted by atomic mass is 10.1. The van der Waals surface area contributed by atoms with Crippen LogP contribution in [-0.2, 0) is 6.54 Å². The molecule has 0 spiro atoms. The fourth-order valence-corrected chi connectivity index (χ4v) is 3.91. The summed E-state index contributed by atoms with van der Waals surface area (Å²) in [4.78, 5) is 37.2. The van der Waals surface area contributed by atoms with Gasteiger partial charge in [-0.3, -0.25) is 19.9 Å². The SMILES string of the molecule is CC(Nc1ccc(C(=O)NCc2ccc(N3CCN(C)CC3)nc2)cc1[N+](=O)[O-])c1ccccn1. The Kier molecular flexibility index (Phi) is 7.51. The van der Waals surface area contributed by atoms with Crippen molar-refractivity contribution in [3.8, 4) is 0 Å². The third-order valence-electron chi connectivity index (χ3n) is 6.05. The van der Waals surface area contributed by atoms with Crippen LogP contribution in [0.15, 0.2) is 60.9 Å². The van der Waals surface area contributed by atoms with Crippen molar-refractivity contribution in [2.75, 3.05) is 43.4 Å². The van der Waals surface area contributed by atoms with Crippen molar-refractivity contribution in [2.45, 2.75) is 19.5 Å². The van der Waals surface area contributed by atoms with Gasteiger partial charge in [0.15, 0.2) is 0 Å². The Balaban J connectivity index is 1.38. The van der Waals surface area contributed by atoms with Gasteiger partial charge in [-0.15, -0.1) is 0 Å². The summed E-state index contributed by atoms with van der Waals surface area (Å²) < 4.78 is 0. The van der Waals surface area contributed by atoms with E-state index in [1.165, 1.54) is 6.07 Å². The maximum Gasteiger partial charge on any atom is 0.293 e. The van der Waals surface area contributed by atoms with Crippen molar-refractivity contribution in [2.24, 2.45) is 0 Å². The molecule has 1 aliphatic heterocycles. The summed E-state index contributed by atoms with van der Waals surface area (Å²) in [5.74, 6) is 0.535. The third-order valence-corrected chi connectivity index (χ3v) is 6.05. The Morgan fingerprint density at radius 2 is 1.91 bits per heavy atom. The molecule has 10 nitrogen and oxygen atoms in total. The number of anilines is 2. The van der Waals surface area contributed by atoms with Gasteiger partial charge in [0.25, 0.3) is 11.6 Å². The highest BCUT2D eigenvalue weighted by atomic mass is 16.6. The molecule has 4 rings (SSSR count). The van der Waals surface area contributed by atoms with Crippen LogP contribution in [-0.4, -0.2) is 58.9 Å². The van der Waals surface area contributed by atoms with Crippen molar-refractivity contribution in [1.82, 2.24) is 20.2 Å². The molecule has 1 amide bonds. The summed E-state index contributed by atoms with van der Waals surface area (Å²) in [6.45, 7) is 6.02. The molecule has 1 aromatic carbocycles. The van der Waals surface area contributed by atoms with E-state index in [1.807, 2.05) is 37.3 Å². The number of nitro groups is 1. The van der Waals surface area contributed by atoms with Gasteiger partial charge in [0.05, 0.1) is 16.7 Å². The first kappa shape index (κ1) is 24.1. The monoisotopic (exact) mass is 475 g/mol. The van der Waals surface area contributed by atoms with Gasteiger partial charge < -0.3 is 20.4 Å². The van der Waals surface area contributed by atoms with Crippen molar-refractivity contribution < 1.29 is 9.72 Å². The summed E-state index contributed by atoms with van der Waals surface area (Å²) in [7, 11) is 2.11. The average molecular weight is 476 g/mol. The number of aromatic nitrogens is 2. The number of likely N-dealkylation sites (N-methyl/N-ethyl adjacent to an activating group) is 1. The largest absolute Gasteiger partial charge is 0.371 e. The molecule has 1 fully saturated rings. The molecule has 1 saturated heterocycles. The summed E-state index contributed by atoms with van der Waals surface area (Å²) in [6, 6.07) is 13.6. The van der Waals surface area contributed by atoms with Crippen LogP contribution in [0.25, 0.3) is 0 Å². The zero-order valence-electron chi connectivity index (χ0n) is 19.8. The lowest BCUT2D eigenvalue weighted by molar-refractivity contribution is -0.384. The normalized spacial score (nSPS) is 14.9. The van der Waals surface area contributed by atoms with E-state index in [0.29, 0.717) is 5.69 Å². The van der Waals surface area contributed by atoms with E-state index in [9.17, 15) is 14.9 Å². The second-order valence-electron chi connectivity index (χ2n) is 8.61. The maximum atomic E-state index is 12.7. The molecule has 0 saturated carbocycles. The molecular formula is C25H29N7O3. The highest BCUT2D eigenvalue weighted by molar-refractivity contribution is 5.95. The van der Waals surface area contributed by atoms with Crippen LogP contribution >= 0.6 is 0 Å². The Morgan fingerprint density at radius 3 is 2.57 bits per heavy atom. The minimum absolute atomic E-state index is 0.168. The number of rotatable bonds is 8. The van der Waals surface area contributed by atoms with Gasteiger partial charge in [-0.2, -0.15) is 0 Å². The molecule has 3 heterocycles. The number of benzene rings is 1. The fraction of sp³-hybridized carbons (Fsp3) is 0.320. The summed E-state index contributed by atoms with van der Waals surface area (Å²) in [5.41, 5.74) is 1.99. The van der Waals surface area contributed by atoms with Crippen LogP contribution in [0.1, 0.15) is 34.6 Å². The minimum atomic E-state index is -0.495. The number of piperazine rings is 1. The van der Waals surface area contributed by atoms with Gasteiger partial charge in [0.1, 0.15) is 11.5 Å². The highest BCUT2D eigenvalue weighted by Crippen LogP contribution is 2.29.